The second kappa shape index (κ2) is 10.4. The van der Waals surface area contributed by atoms with Crippen LogP contribution in [0.5, 0.6) is 0 Å². The molecule has 0 radical (unpaired) electrons. The Morgan fingerprint density at radius 3 is 2.25 bits per heavy atom. The van der Waals surface area contributed by atoms with E-state index in [1.807, 2.05) is 72.5 Å². The molecular weight excluding hydrogens is 440 g/mol. The van der Waals surface area contributed by atoms with Crippen LogP contribution < -0.4 is 5.14 Å². The van der Waals surface area contributed by atoms with E-state index in [0.717, 1.165) is 28.0 Å². The topological polar surface area (TPSA) is 80.5 Å². The number of primary sulfonamides is 1. The predicted octanol–water partition coefficient (Wildman–Crippen LogP) is 4.85. The van der Waals surface area contributed by atoms with Crippen LogP contribution in [0.3, 0.4) is 0 Å². The lowest BCUT2D eigenvalue weighted by Gasteiger charge is -2.21. The highest BCUT2D eigenvalue weighted by molar-refractivity contribution is 7.91. The van der Waals surface area contributed by atoms with E-state index in [4.69, 9.17) is 5.14 Å². The second-order valence-corrected chi connectivity index (χ2v) is 11.2. The molecular formula is C25H30N2O3S2. The molecule has 1 amide bonds. The molecule has 5 nitrogen and oxygen atoms in total. The fraction of sp³-hybridized carbons (Fsp3) is 0.320. The molecule has 0 bridgehead atoms. The van der Waals surface area contributed by atoms with Gasteiger partial charge in [-0.2, -0.15) is 0 Å². The van der Waals surface area contributed by atoms with Gasteiger partial charge < -0.3 is 4.90 Å². The number of sulfonamides is 1. The predicted molar refractivity (Wildman–Crippen MR) is 131 cm³/mol. The Morgan fingerprint density at radius 2 is 1.69 bits per heavy atom. The van der Waals surface area contributed by atoms with Crippen LogP contribution in [-0.4, -0.2) is 25.8 Å². The number of hydrogen-bond donors (Lipinski definition) is 1. The van der Waals surface area contributed by atoms with E-state index in [1.54, 1.807) is 0 Å². The van der Waals surface area contributed by atoms with Crippen molar-refractivity contribution in [1.82, 2.24) is 4.90 Å². The summed E-state index contributed by atoms with van der Waals surface area (Å²) in [5.41, 5.74) is 3.40. The molecule has 0 aliphatic rings. The number of nitrogens with zero attached hydrogens (tertiary/aromatic N) is 1. The lowest BCUT2D eigenvalue weighted by molar-refractivity contribution is -0.130. The van der Waals surface area contributed by atoms with Crippen molar-refractivity contribution in [3.05, 3.63) is 76.7 Å². The molecule has 0 atom stereocenters. The van der Waals surface area contributed by atoms with Gasteiger partial charge in [-0.3, -0.25) is 4.79 Å². The van der Waals surface area contributed by atoms with Gasteiger partial charge in [0.1, 0.15) is 4.21 Å². The fourth-order valence-electron chi connectivity index (χ4n) is 3.61. The van der Waals surface area contributed by atoms with E-state index in [1.165, 1.54) is 11.3 Å². The summed E-state index contributed by atoms with van der Waals surface area (Å²) in [5, 5.41) is 5.48. The van der Waals surface area contributed by atoms with Crippen LogP contribution in [0.2, 0.25) is 0 Å². The van der Waals surface area contributed by atoms with Gasteiger partial charge in [0.15, 0.2) is 0 Å². The highest BCUT2D eigenvalue weighted by Gasteiger charge is 2.21. The summed E-state index contributed by atoms with van der Waals surface area (Å²) < 4.78 is 24.5. The Kier molecular flexibility index (Phi) is 7.87. The number of carbonyl (C=O) groups excluding carboxylic acids is 1. The number of rotatable bonds is 9. The quantitative estimate of drug-likeness (QED) is 0.485. The smallest absolute Gasteiger partial charge is 0.248 e. The first-order chi connectivity index (χ1) is 15.2. The molecule has 2 aromatic carbocycles. The van der Waals surface area contributed by atoms with Gasteiger partial charge >= 0.3 is 0 Å². The minimum absolute atomic E-state index is 0.0593. The summed E-state index contributed by atoms with van der Waals surface area (Å²) in [6, 6.07) is 19.4. The van der Waals surface area contributed by atoms with E-state index in [0.29, 0.717) is 31.0 Å². The Labute approximate surface area is 194 Å². The van der Waals surface area contributed by atoms with Crippen molar-refractivity contribution in [1.29, 1.82) is 0 Å². The van der Waals surface area contributed by atoms with Gasteiger partial charge in [0.05, 0.1) is 6.42 Å². The summed E-state index contributed by atoms with van der Waals surface area (Å²) in [5.74, 6) is 0.477. The third-order valence-corrected chi connectivity index (χ3v) is 7.82. The molecule has 0 aliphatic carbocycles. The maximum atomic E-state index is 12.8. The summed E-state index contributed by atoms with van der Waals surface area (Å²) >= 11 is 1.24. The van der Waals surface area contributed by atoms with Gasteiger partial charge in [-0.05, 0) is 42.0 Å². The molecule has 0 spiro atoms. The third kappa shape index (κ3) is 6.28. The van der Waals surface area contributed by atoms with E-state index in [-0.39, 0.29) is 10.1 Å². The first-order valence-electron chi connectivity index (χ1n) is 10.7. The van der Waals surface area contributed by atoms with Gasteiger partial charge in [-0.15, -0.1) is 11.3 Å². The zero-order chi connectivity index (χ0) is 23.3. The first-order valence-corrected chi connectivity index (χ1v) is 13.1. The van der Waals surface area contributed by atoms with Crippen molar-refractivity contribution in [3.8, 4) is 11.1 Å². The van der Waals surface area contributed by atoms with Gasteiger partial charge in [-0.1, -0.05) is 68.4 Å². The number of thiophene rings is 1. The van der Waals surface area contributed by atoms with E-state index in [9.17, 15) is 13.2 Å². The van der Waals surface area contributed by atoms with Crippen LogP contribution in [0.25, 0.3) is 11.1 Å². The van der Waals surface area contributed by atoms with Crippen LogP contribution in [0.4, 0.5) is 0 Å². The largest absolute Gasteiger partial charge is 0.338 e. The zero-order valence-electron chi connectivity index (χ0n) is 18.7. The van der Waals surface area contributed by atoms with E-state index < -0.39 is 10.0 Å². The maximum Gasteiger partial charge on any atom is 0.248 e. The molecule has 0 unspecified atom stereocenters. The Hall–Kier alpha value is -2.48. The number of likely N-dealkylation sites (N-methyl/N-ethyl adjacent to an activating group) is 1. The van der Waals surface area contributed by atoms with Crippen molar-refractivity contribution >= 4 is 27.3 Å². The molecule has 0 saturated carbocycles. The van der Waals surface area contributed by atoms with Gasteiger partial charge in [0.25, 0.3) is 0 Å². The minimum atomic E-state index is -3.81. The van der Waals surface area contributed by atoms with Crippen molar-refractivity contribution in [3.63, 3.8) is 0 Å². The van der Waals surface area contributed by atoms with Gasteiger partial charge in [0, 0.05) is 23.5 Å². The average molecular weight is 471 g/mol. The van der Waals surface area contributed by atoms with Crippen molar-refractivity contribution < 1.29 is 13.2 Å². The summed E-state index contributed by atoms with van der Waals surface area (Å²) in [7, 11) is -3.81. The summed E-state index contributed by atoms with van der Waals surface area (Å²) in [6.07, 6.45) is 1.10. The maximum absolute atomic E-state index is 12.8. The lowest BCUT2D eigenvalue weighted by Crippen LogP contribution is -2.31. The molecule has 1 heterocycles. The highest BCUT2D eigenvalue weighted by atomic mass is 32.2. The van der Waals surface area contributed by atoms with Crippen molar-refractivity contribution in [2.75, 3.05) is 6.54 Å². The second-order valence-electron chi connectivity index (χ2n) is 8.32. The van der Waals surface area contributed by atoms with Crippen molar-refractivity contribution in [2.45, 2.75) is 44.4 Å². The van der Waals surface area contributed by atoms with Crippen molar-refractivity contribution in [2.24, 2.45) is 11.1 Å². The summed E-state index contributed by atoms with van der Waals surface area (Å²) in [6.45, 7) is 7.39. The fourth-order valence-corrected chi connectivity index (χ4v) is 5.99. The number of benzene rings is 2. The molecule has 3 rings (SSSR count). The first kappa shape index (κ1) is 24.2. The average Bonchev–Trinajstić information content (AvgIpc) is 3.17. The van der Waals surface area contributed by atoms with Crippen LogP contribution in [0, 0.1) is 5.92 Å². The van der Waals surface area contributed by atoms with Crippen LogP contribution >= 0.6 is 11.3 Å². The molecule has 7 heteroatoms. The van der Waals surface area contributed by atoms with Crippen LogP contribution in [0.1, 0.15) is 36.8 Å². The molecule has 0 fully saturated rings. The molecule has 1 aromatic heterocycles. The Balaban J connectivity index is 1.77. The molecule has 2 N–H and O–H groups in total. The van der Waals surface area contributed by atoms with E-state index >= 15 is 0 Å². The number of carbonyl (C=O) groups is 1. The lowest BCUT2D eigenvalue weighted by atomic mass is 10.0. The zero-order valence-corrected chi connectivity index (χ0v) is 20.4. The number of nitrogens with two attached hydrogens (primary N) is 1. The Bertz CT molecular complexity index is 1150. The molecule has 0 aliphatic heterocycles. The molecule has 32 heavy (non-hydrogen) atoms. The standard InChI is InChI=1S/C25H30N2O3S2/c1-4-27(17-20-8-6-5-7-9-20)24(28)15-19-10-12-21(13-11-19)23-16-22(14-18(2)3)31-25(23)32(26,29)30/h5-13,16,18H,4,14-15,17H2,1-3H3,(H2,26,29,30). The monoisotopic (exact) mass is 470 g/mol. The number of hydrogen-bond acceptors (Lipinski definition) is 4. The van der Waals surface area contributed by atoms with Crippen LogP contribution in [-0.2, 0) is 34.2 Å². The third-order valence-electron chi connectivity index (χ3n) is 5.19. The molecule has 3 aromatic rings. The molecule has 0 saturated heterocycles. The highest BCUT2D eigenvalue weighted by Crippen LogP contribution is 2.35. The number of amides is 1. The molecule has 170 valence electrons. The van der Waals surface area contributed by atoms with Gasteiger partial charge in [0.2, 0.25) is 15.9 Å². The summed E-state index contributed by atoms with van der Waals surface area (Å²) in [4.78, 5) is 15.7. The van der Waals surface area contributed by atoms with Gasteiger partial charge in [-0.25, -0.2) is 13.6 Å². The minimum Gasteiger partial charge on any atom is -0.338 e. The van der Waals surface area contributed by atoms with Crippen LogP contribution in [0.15, 0.2) is 64.9 Å². The van der Waals surface area contributed by atoms with E-state index in [2.05, 4.69) is 13.8 Å². The SMILES string of the molecule is CCN(Cc1ccccc1)C(=O)Cc1ccc(-c2cc(CC(C)C)sc2S(N)(=O)=O)cc1. The Morgan fingerprint density at radius 1 is 1.03 bits per heavy atom. The normalized spacial score (nSPS) is 11.7.